The van der Waals surface area contributed by atoms with Gasteiger partial charge in [-0.15, -0.1) is 23.5 Å². The highest BCUT2D eigenvalue weighted by Crippen LogP contribution is 2.51. The molecule has 386 valence electrons. The van der Waals surface area contributed by atoms with Crippen molar-refractivity contribution in [2.24, 2.45) is 0 Å². The van der Waals surface area contributed by atoms with Crippen molar-refractivity contribution in [2.45, 2.75) is 240 Å². The standard InChI is InChI=1S/C59H104OS4Si4/c1-19-22-25-40-58(50-34-38-55(39-35-50)62-42-24-21-3,48-65(12,13)45-28-43-63-66(14,15)56(4,5)6)52-30-27-31-53(47-52)59(41-26-23-20-2,51-32-36-54(61-11)37-33-51)49-68(18,60-10)46-29-44-64-67(16,17)57(7,8)9/h27,30-39,47H,19-26,28-29,40-46,48-49H2,1-18H3. The first-order valence-electron chi connectivity index (χ1n) is 27.1. The van der Waals surface area contributed by atoms with Crippen molar-refractivity contribution in [3.8, 4) is 0 Å². The second-order valence-corrected chi connectivity index (χ2v) is 54.4. The van der Waals surface area contributed by atoms with Gasteiger partial charge in [-0.25, -0.2) is 0 Å². The Balaban J connectivity index is 2.33. The van der Waals surface area contributed by atoms with E-state index in [2.05, 4.69) is 217 Å². The van der Waals surface area contributed by atoms with E-state index in [9.17, 15) is 0 Å². The fraction of sp³-hybridized carbons (Fsp3) is 0.695. The zero-order valence-electron chi connectivity index (χ0n) is 47.4. The Labute approximate surface area is 443 Å². The summed E-state index contributed by atoms with van der Waals surface area (Å²) in [4.78, 5) is 2.77. The van der Waals surface area contributed by atoms with Gasteiger partial charge in [-0.05, 0) is 137 Å². The normalized spacial score (nSPS) is 15.8. The average molecular weight is 1070 g/mol. The molecule has 3 atom stereocenters. The van der Waals surface area contributed by atoms with E-state index < -0.39 is 30.8 Å². The van der Waals surface area contributed by atoms with Crippen molar-refractivity contribution < 1.29 is 4.43 Å². The van der Waals surface area contributed by atoms with Crippen molar-refractivity contribution >= 4 is 76.8 Å². The van der Waals surface area contributed by atoms with Crippen LogP contribution in [0.5, 0.6) is 0 Å². The van der Waals surface area contributed by atoms with Gasteiger partial charge >= 0.3 is 0 Å². The summed E-state index contributed by atoms with van der Waals surface area (Å²) in [6.45, 7) is 40.3. The molecule has 0 amide bonds. The lowest BCUT2D eigenvalue weighted by atomic mass is 9.68. The average Bonchev–Trinajstić information content (AvgIpc) is 3.28. The molecule has 0 aliphatic heterocycles. The Hall–Kier alpha value is -0.112. The molecule has 0 saturated heterocycles. The zero-order valence-corrected chi connectivity index (χ0v) is 54.7. The quantitative estimate of drug-likeness (QED) is 0.0349. The zero-order chi connectivity index (χ0) is 50.9. The van der Waals surface area contributed by atoms with Gasteiger partial charge in [-0.3, -0.25) is 0 Å². The first kappa shape index (κ1) is 62.2. The minimum absolute atomic E-state index is 0.0408. The second kappa shape index (κ2) is 28.0. The topological polar surface area (TPSA) is 9.23 Å². The lowest BCUT2D eigenvalue weighted by Gasteiger charge is -2.44. The van der Waals surface area contributed by atoms with Crippen LogP contribution in [0.1, 0.15) is 162 Å². The summed E-state index contributed by atoms with van der Waals surface area (Å²) < 4.78 is 6.96. The van der Waals surface area contributed by atoms with Crippen molar-refractivity contribution in [3.05, 3.63) is 95.1 Å². The van der Waals surface area contributed by atoms with Gasteiger partial charge in [0.25, 0.3) is 0 Å². The summed E-state index contributed by atoms with van der Waals surface area (Å²) in [7, 11) is -4.66. The van der Waals surface area contributed by atoms with E-state index in [0.29, 0.717) is 10.1 Å². The van der Waals surface area contributed by atoms with Gasteiger partial charge in [0.15, 0.2) is 8.32 Å². The van der Waals surface area contributed by atoms with Crippen LogP contribution in [0.25, 0.3) is 0 Å². The largest absolute Gasteiger partial charge is 0.420 e. The monoisotopic (exact) mass is 1070 g/mol. The molecular weight excluding hydrogens is 965 g/mol. The van der Waals surface area contributed by atoms with E-state index >= 15 is 0 Å². The van der Waals surface area contributed by atoms with E-state index in [4.69, 9.17) is 4.43 Å². The molecule has 0 aliphatic rings. The summed E-state index contributed by atoms with van der Waals surface area (Å²) >= 11 is 8.55. The summed E-state index contributed by atoms with van der Waals surface area (Å²) in [5.74, 6) is 3.75. The minimum Gasteiger partial charge on any atom is -0.420 e. The predicted octanol–water partition coefficient (Wildman–Crippen LogP) is 21.2. The van der Waals surface area contributed by atoms with Gasteiger partial charge in [-0.1, -0.05) is 201 Å². The molecule has 1 nitrogen and oxygen atoms in total. The molecule has 0 spiro atoms. The van der Waals surface area contributed by atoms with Gasteiger partial charge in [0.05, 0.1) is 0 Å². The highest BCUT2D eigenvalue weighted by Gasteiger charge is 2.46. The molecule has 3 aromatic carbocycles. The number of thioether (sulfide) groups is 2. The van der Waals surface area contributed by atoms with Crippen molar-refractivity contribution in [2.75, 3.05) is 30.6 Å². The summed E-state index contributed by atoms with van der Waals surface area (Å²) in [5.41, 5.74) is 5.98. The number of unbranched alkanes of at least 4 members (excludes halogenated alkanes) is 5. The van der Waals surface area contributed by atoms with E-state index in [1.165, 1.54) is 127 Å². The molecular formula is C59H104OS4Si4. The van der Waals surface area contributed by atoms with Gasteiger partial charge in [0, 0.05) is 35.8 Å². The molecule has 68 heavy (non-hydrogen) atoms. The van der Waals surface area contributed by atoms with Crippen molar-refractivity contribution in [1.29, 1.82) is 0 Å². The molecule has 0 N–H and O–H groups in total. The molecule has 0 aromatic heterocycles. The van der Waals surface area contributed by atoms with E-state index in [-0.39, 0.29) is 10.8 Å². The smallest absolute Gasteiger partial charge is 0.190 e. The highest BCUT2D eigenvalue weighted by molar-refractivity contribution is 8.29. The van der Waals surface area contributed by atoms with Crippen LogP contribution in [0.3, 0.4) is 0 Å². The molecule has 0 heterocycles. The third-order valence-electron chi connectivity index (χ3n) is 16.5. The second-order valence-electron chi connectivity index (χ2n) is 24.7. The van der Waals surface area contributed by atoms with Crippen molar-refractivity contribution in [1.82, 2.24) is 0 Å². The van der Waals surface area contributed by atoms with Crippen LogP contribution in [0.15, 0.2) is 82.6 Å². The van der Waals surface area contributed by atoms with Crippen LogP contribution < -0.4 is 0 Å². The van der Waals surface area contributed by atoms with Crippen LogP contribution in [0.2, 0.25) is 80.1 Å². The Bertz CT molecular complexity index is 1890. The van der Waals surface area contributed by atoms with E-state index in [0.717, 1.165) is 12.5 Å². The van der Waals surface area contributed by atoms with Gasteiger partial charge in [0.1, 0.15) is 14.4 Å². The highest BCUT2D eigenvalue weighted by atomic mass is 32.4. The Morgan fingerprint density at radius 2 is 0.926 bits per heavy atom. The van der Waals surface area contributed by atoms with Crippen LogP contribution in [-0.4, -0.2) is 61.5 Å². The fourth-order valence-corrected chi connectivity index (χ4v) is 27.7. The summed E-state index contributed by atoms with van der Waals surface area (Å²) in [5, 5.41) is 0.811. The Kier molecular flexibility index (Phi) is 25.6. The van der Waals surface area contributed by atoms with Gasteiger partial charge in [0.2, 0.25) is 0 Å². The molecule has 0 bridgehead atoms. The molecule has 3 rings (SSSR count). The predicted molar refractivity (Wildman–Crippen MR) is 330 cm³/mol. The molecule has 0 aliphatic carbocycles. The molecule has 0 fully saturated rings. The molecule has 3 aromatic rings. The van der Waals surface area contributed by atoms with Crippen LogP contribution >= 0.6 is 45.9 Å². The van der Waals surface area contributed by atoms with E-state index in [1.807, 2.05) is 23.5 Å². The number of hydrogen-bond donors (Lipinski definition) is 0. The van der Waals surface area contributed by atoms with Crippen LogP contribution in [0, 0.1) is 0 Å². The first-order chi connectivity index (χ1) is 31.8. The number of benzene rings is 3. The third-order valence-corrected chi connectivity index (χ3v) is 44.3. The maximum atomic E-state index is 6.96. The maximum Gasteiger partial charge on any atom is 0.190 e. The van der Waals surface area contributed by atoms with Gasteiger partial charge < -0.3 is 4.43 Å². The van der Waals surface area contributed by atoms with Crippen LogP contribution in [-0.2, 0) is 15.3 Å². The minimum atomic E-state index is -2.20. The number of rotatable bonds is 32. The van der Waals surface area contributed by atoms with Crippen LogP contribution in [0.4, 0.5) is 0 Å². The first-order valence-corrected chi connectivity index (χ1v) is 45.0. The lowest BCUT2D eigenvalue weighted by molar-refractivity contribution is 0.371. The Morgan fingerprint density at radius 1 is 0.485 bits per heavy atom. The molecule has 3 unspecified atom stereocenters. The third kappa shape index (κ3) is 18.1. The SMILES string of the molecule is CCCCCC(C[Si](C)(C)CCCS[Si](C)(C)C(C)(C)C)(c1ccc(SCCCC)cc1)c1cccc(C(CCCCC)(C[Si](C)(CCCS[Si](C)(C)C(C)(C)C)OC)c2ccc(SC)cc2)c1. The molecule has 9 heteroatoms. The summed E-state index contributed by atoms with van der Waals surface area (Å²) in [6.07, 6.45) is 17.2. The lowest BCUT2D eigenvalue weighted by Crippen LogP contribution is -2.44. The molecule has 0 radical (unpaired) electrons. The fourth-order valence-electron chi connectivity index (χ4n) is 9.97. The molecule has 0 saturated carbocycles. The van der Waals surface area contributed by atoms with E-state index in [1.54, 1.807) is 11.1 Å². The Morgan fingerprint density at radius 3 is 1.35 bits per heavy atom. The maximum absolute atomic E-state index is 6.96. The number of hydrogen-bond acceptors (Lipinski definition) is 5. The summed E-state index contributed by atoms with van der Waals surface area (Å²) in [6, 6.07) is 35.4. The van der Waals surface area contributed by atoms with Crippen molar-refractivity contribution in [3.63, 3.8) is 0 Å². The van der Waals surface area contributed by atoms with Gasteiger partial charge in [-0.2, -0.15) is 22.4 Å².